The maximum absolute atomic E-state index is 13.3. The second kappa shape index (κ2) is 10.2. The van der Waals surface area contributed by atoms with E-state index < -0.39 is 5.97 Å². The van der Waals surface area contributed by atoms with Crippen molar-refractivity contribution in [3.05, 3.63) is 83.0 Å². The minimum Gasteiger partial charge on any atom is -0.465 e. The summed E-state index contributed by atoms with van der Waals surface area (Å²) in [6.07, 6.45) is 5.15. The lowest BCUT2D eigenvalue weighted by molar-refractivity contribution is -0.116. The molecule has 0 fully saturated rings. The van der Waals surface area contributed by atoms with E-state index in [9.17, 15) is 14.4 Å². The summed E-state index contributed by atoms with van der Waals surface area (Å²) in [5.74, 6) is -0.923. The number of esters is 1. The SMILES string of the molecule is CCCCn1cnc2c(-c3ccccc3)cn(CC(=O)Nc3ccccc3C(=O)OC)c2c1=O. The highest BCUT2D eigenvalue weighted by atomic mass is 16.5. The lowest BCUT2D eigenvalue weighted by atomic mass is 10.1. The molecule has 2 heterocycles. The number of aromatic nitrogens is 3. The van der Waals surface area contributed by atoms with Gasteiger partial charge in [-0.05, 0) is 24.1 Å². The molecule has 2 aromatic carbocycles. The molecule has 0 unspecified atom stereocenters. The molecule has 174 valence electrons. The van der Waals surface area contributed by atoms with Gasteiger partial charge in [-0.25, -0.2) is 9.78 Å². The Morgan fingerprint density at radius 3 is 2.50 bits per heavy atom. The van der Waals surface area contributed by atoms with Gasteiger partial charge in [0.15, 0.2) is 0 Å². The standard InChI is InChI=1S/C26H26N4O4/c1-3-4-14-29-17-27-23-20(18-10-6-5-7-11-18)15-30(24(23)25(29)32)16-22(31)28-21-13-9-8-12-19(21)26(33)34-2/h5-13,15,17H,3-4,14,16H2,1-2H3,(H,28,31). The molecule has 4 rings (SSSR count). The fourth-order valence-corrected chi connectivity index (χ4v) is 3.88. The molecule has 2 aromatic heterocycles. The smallest absolute Gasteiger partial charge is 0.339 e. The van der Waals surface area contributed by atoms with Gasteiger partial charge in [0.05, 0.1) is 24.7 Å². The first-order valence-electron chi connectivity index (χ1n) is 11.1. The molecule has 0 radical (unpaired) electrons. The Kier molecular flexibility index (Phi) is 6.87. The number of anilines is 1. The second-order valence-electron chi connectivity index (χ2n) is 7.92. The van der Waals surface area contributed by atoms with Crippen molar-refractivity contribution in [1.82, 2.24) is 14.1 Å². The van der Waals surface area contributed by atoms with Gasteiger partial charge in [0.25, 0.3) is 5.56 Å². The fourth-order valence-electron chi connectivity index (χ4n) is 3.88. The van der Waals surface area contributed by atoms with Gasteiger partial charge in [-0.15, -0.1) is 0 Å². The first kappa shape index (κ1) is 23.0. The Morgan fingerprint density at radius 2 is 1.76 bits per heavy atom. The van der Waals surface area contributed by atoms with Crippen LogP contribution < -0.4 is 10.9 Å². The summed E-state index contributed by atoms with van der Waals surface area (Å²) in [6, 6.07) is 16.2. The van der Waals surface area contributed by atoms with Crippen LogP contribution in [0.1, 0.15) is 30.1 Å². The molecule has 0 saturated heterocycles. The Balaban J connectivity index is 1.74. The molecule has 34 heavy (non-hydrogen) atoms. The second-order valence-corrected chi connectivity index (χ2v) is 7.92. The Hall–Kier alpha value is -4.20. The van der Waals surface area contributed by atoms with E-state index in [-0.39, 0.29) is 23.6 Å². The predicted molar refractivity (Wildman–Crippen MR) is 131 cm³/mol. The Morgan fingerprint density at radius 1 is 1.03 bits per heavy atom. The predicted octanol–water partition coefficient (Wildman–Crippen LogP) is 4.09. The number of amides is 1. The molecular weight excluding hydrogens is 432 g/mol. The highest BCUT2D eigenvalue weighted by molar-refractivity contribution is 6.01. The molecule has 0 aliphatic carbocycles. The number of nitrogens with one attached hydrogen (secondary N) is 1. The van der Waals surface area contributed by atoms with Crippen LogP contribution in [0.4, 0.5) is 5.69 Å². The van der Waals surface area contributed by atoms with E-state index in [1.54, 1.807) is 45.9 Å². The minimum absolute atomic E-state index is 0.118. The Bertz CT molecular complexity index is 1390. The number of unbranched alkanes of at least 4 members (excludes halogenated alkanes) is 1. The van der Waals surface area contributed by atoms with Crippen molar-refractivity contribution >= 4 is 28.6 Å². The van der Waals surface area contributed by atoms with Gasteiger partial charge >= 0.3 is 5.97 Å². The summed E-state index contributed by atoms with van der Waals surface area (Å²) in [6.45, 7) is 2.50. The van der Waals surface area contributed by atoms with Gasteiger partial charge in [0.2, 0.25) is 5.91 Å². The zero-order valence-corrected chi connectivity index (χ0v) is 19.2. The third-order valence-corrected chi connectivity index (χ3v) is 5.60. The number of carbonyl (C=O) groups is 2. The van der Waals surface area contributed by atoms with E-state index in [1.807, 2.05) is 30.3 Å². The molecular formula is C26H26N4O4. The van der Waals surface area contributed by atoms with Crippen molar-refractivity contribution < 1.29 is 14.3 Å². The number of nitrogens with zero attached hydrogens (tertiary/aromatic N) is 3. The maximum Gasteiger partial charge on any atom is 0.339 e. The van der Waals surface area contributed by atoms with Gasteiger partial charge in [0, 0.05) is 18.3 Å². The summed E-state index contributed by atoms with van der Waals surface area (Å²) < 4.78 is 8.02. The van der Waals surface area contributed by atoms with E-state index in [4.69, 9.17) is 4.74 Å². The molecule has 1 amide bonds. The van der Waals surface area contributed by atoms with Gasteiger partial charge in [-0.2, -0.15) is 0 Å². The van der Waals surface area contributed by atoms with Crippen LogP contribution in [-0.2, 0) is 22.6 Å². The van der Waals surface area contributed by atoms with Crippen molar-refractivity contribution in [2.75, 3.05) is 12.4 Å². The lowest BCUT2D eigenvalue weighted by Gasteiger charge is -2.11. The van der Waals surface area contributed by atoms with Crippen molar-refractivity contribution in [3.63, 3.8) is 0 Å². The molecule has 0 atom stereocenters. The topological polar surface area (TPSA) is 95.2 Å². The first-order chi connectivity index (χ1) is 16.5. The molecule has 0 spiro atoms. The summed E-state index contributed by atoms with van der Waals surface area (Å²) in [5.41, 5.74) is 3.00. The van der Waals surface area contributed by atoms with Crippen LogP contribution in [0.2, 0.25) is 0 Å². The number of ether oxygens (including phenoxy) is 1. The monoisotopic (exact) mass is 458 g/mol. The van der Waals surface area contributed by atoms with E-state index in [1.165, 1.54) is 7.11 Å². The van der Waals surface area contributed by atoms with Crippen LogP contribution in [0.5, 0.6) is 0 Å². The number of aryl methyl sites for hydroxylation is 1. The normalized spacial score (nSPS) is 10.9. The number of para-hydroxylation sites is 1. The molecule has 0 aliphatic heterocycles. The van der Waals surface area contributed by atoms with Gasteiger partial charge in [0.1, 0.15) is 17.6 Å². The largest absolute Gasteiger partial charge is 0.465 e. The van der Waals surface area contributed by atoms with Crippen LogP contribution >= 0.6 is 0 Å². The summed E-state index contributed by atoms with van der Waals surface area (Å²) >= 11 is 0. The van der Waals surface area contributed by atoms with Crippen LogP contribution in [0.3, 0.4) is 0 Å². The fraction of sp³-hybridized carbons (Fsp3) is 0.231. The quantitative estimate of drug-likeness (QED) is 0.401. The highest BCUT2D eigenvalue weighted by Crippen LogP contribution is 2.27. The number of carbonyl (C=O) groups excluding carboxylic acids is 2. The minimum atomic E-state index is -0.545. The maximum atomic E-state index is 13.3. The van der Waals surface area contributed by atoms with Crippen molar-refractivity contribution in [3.8, 4) is 11.1 Å². The van der Waals surface area contributed by atoms with E-state index in [0.29, 0.717) is 23.3 Å². The number of benzene rings is 2. The zero-order chi connectivity index (χ0) is 24.1. The van der Waals surface area contributed by atoms with Crippen LogP contribution in [0, 0.1) is 0 Å². The third-order valence-electron chi connectivity index (χ3n) is 5.60. The van der Waals surface area contributed by atoms with Gasteiger partial charge in [-0.1, -0.05) is 55.8 Å². The number of methoxy groups -OCH3 is 1. The summed E-state index contributed by atoms with van der Waals surface area (Å²) in [4.78, 5) is 42.9. The third kappa shape index (κ3) is 4.61. The van der Waals surface area contributed by atoms with Gasteiger partial charge < -0.3 is 14.6 Å². The average Bonchev–Trinajstić information content (AvgIpc) is 3.22. The Labute approximate surface area is 196 Å². The average molecular weight is 459 g/mol. The van der Waals surface area contributed by atoms with E-state index >= 15 is 0 Å². The zero-order valence-electron chi connectivity index (χ0n) is 19.2. The number of hydrogen-bond acceptors (Lipinski definition) is 5. The molecule has 8 heteroatoms. The molecule has 1 N–H and O–H groups in total. The van der Waals surface area contributed by atoms with Crippen LogP contribution in [-0.4, -0.2) is 33.1 Å². The van der Waals surface area contributed by atoms with Crippen molar-refractivity contribution in [2.24, 2.45) is 0 Å². The summed E-state index contributed by atoms with van der Waals surface area (Å²) in [5, 5.41) is 2.77. The molecule has 8 nitrogen and oxygen atoms in total. The van der Waals surface area contributed by atoms with Crippen molar-refractivity contribution in [2.45, 2.75) is 32.9 Å². The summed E-state index contributed by atoms with van der Waals surface area (Å²) in [7, 11) is 1.29. The highest BCUT2D eigenvalue weighted by Gasteiger charge is 2.19. The van der Waals surface area contributed by atoms with Crippen LogP contribution in [0.15, 0.2) is 71.9 Å². The number of rotatable bonds is 8. The number of fused-ring (bicyclic) bond motifs is 1. The molecule has 0 saturated carbocycles. The lowest BCUT2D eigenvalue weighted by Crippen LogP contribution is -2.25. The van der Waals surface area contributed by atoms with E-state index in [2.05, 4.69) is 17.2 Å². The molecule has 0 bridgehead atoms. The molecule has 0 aliphatic rings. The molecule has 4 aromatic rings. The van der Waals surface area contributed by atoms with Crippen LogP contribution in [0.25, 0.3) is 22.2 Å². The first-order valence-corrected chi connectivity index (χ1v) is 11.1. The van der Waals surface area contributed by atoms with Crippen molar-refractivity contribution in [1.29, 1.82) is 0 Å². The van der Waals surface area contributed by atoms with Gasteiger partial charge in [-0.3, -0.25) is 14.2 Å². The number of hydrogen-bond donors (Lipinski definition) is 1. The van der Waals surface area contributed by atoms with E-state index in [0.717, 1.165) is 24.0 Å².